The van der Waals surface area contributed by atoms with E-state index in [1.807, 2.05) is 24.3 Å². The van der Waals surface area contributed by atoms with Crippen molar-refractivity contribution in [3.05, 3.63) is 187 Å². The van der Waals surface area contributed by atoms with Crippen molar-refractivity contribution in [2.24, 2.45) is 17.8 Å². The van der Waals surface area contributed by atoms with E-state index >= 15 is 0 Å². The summed E-state index contributed by atoms with van der Waals surface area (Å²) in [6.45, 7) is 19.6. The number of aliphatic hydroxyl groups excluding tert-OH is 2. The normalized spacial score (nSPS) is 25.6. The Morgan fingerprint density at radius 3 is 1.01 bits per heavy atom. The summed E-state index contributed by atoms with van der Waals surface area (Å²) >= 11 is 9.45. The smallest absolute Gasteiger partial charge is 0.120 e. The number of rotatable bonds is 4. The molecule has 3 atom stereocenters. The summed E-state index contributed by atoms with van der Waals surface area (Å²) in [5.41, 5.74) is 23.1. The molecule has 7 aromatic rings. The number of piperidine rings is 9. The van der Waals surface area contributed by atoms with Crippen molar-refractivity contribution < 1.29 is 19.7 Å². The third-order valence-corrected chi connectivity index (χ3v) is 23.4. The molecule has 15 aliphatic rings. The predicted octanol–water partition coefficient (Wildman–Crippen LogP) is 13.3. The summed E-state index contributed by atoms with van der Waals surface area (Å²) in [5.74, 6) is 4.23. The van der Waals surface area contributed by atoms with Gasteiger partial charge in [0.05, 0.1) is 26.1 Å². The molecule has 478 valence electrons. The number of nitrogens with two attached hydrogens (primary N) is 1. The average Bonchev–Trinajstić information content (AvgIpc) is 0.939. The molecule has 0 amide bonds. The topological polar surface area (TPSA) is 114 Å². The van der Waals surface area contributed by atoms with Gasteiger partial charge in [-0.25, -0.2) is 0 Å². The highest BCUT2D eigenvalue weighted by molar-refractivity contribution is 14.1. The fraction of sp³-hybridized carbons (Fsp3) is 0.425. The number of nitrogens with zero attached hydrogens (tertiary/aromatic N) is 9. The summed E-state index contributed by atoms with van der Waals surface area (Å²) in [4.78, 5) is 22.4. The number of ether oxygens (including phenoxy) is 2. The zero-order valence-corrected chi connectivity index (χ0v) is 60.7. The molecule has 4 N–H and O–H groups in total. The van der Waals surface area contributed by atoms with Crippen LogP contribution >= 0.6 is 90.4 Å². The van der Waals surface area contributed by atoms with Crippen molar-refractivity contribution >= 4 is 130 Å². The lowest BCUT2D eigenvalue weighted by Gasteiger charge is -2.45. The Bertz CT molecular complexity index is 3610. The first-order chi connectivity index (χ1) is 44.4. The Morgan fingerprint density at radius 1 is 0.363 bits per heavy atom. The summed E-state index contributed by atoms with van der Waals surface area (Å²) in [7, 11) is 1.00. The second kappa shape index (κ2) is 28.4. The standard InChI is InChI=1S/C22H24IN3O.C22H25N3O.C15H12I2N2.C7H13NO.C6H6IN.CH4O/c23-18-1-3-20-16(9-18)11-25-14-26(20)12-17-10-19(2-4-21(17)25)27-22-13-24-7-5-15(22)6-8-24;1-2-4-20-17(3-1)12-24-15-25(20)13-18-11-19(5-6-21(18)24)26-22-14-23-9-7-16(22)8-10-23;16-12-1-3-14-10(5-12)7-19-9-18(14)8-11-6-13(17)2-4-15(11)19;9-7-5-8-3-1-6(7)2-4-8;7-5-1-3-6(8)4-2-5;1-2/h1-4,9-10,15,22H,5-8,11-14H2;1-6,11,16,22H,7-10,12-15H2;1-6H,7-9H2;6-7,9H,1-5H2;1-4H,8H2;2H,1H3/t;;;7-;;/m...0../s1. The number of aliphatic hydroxyl groups is 2. The first-order valence-corrected chi connectivity index (χ1v) is 37.1. The van der Waals surface area contributed by atoms with E-state index in [1.54, 1.807) is 0 Å². The summed E-state index contributed by atoms with van der Waals surface area (Å²) < 4.78 is 18.1. The minimum absolute atomic E-state index is 0.00694. The highest BCUT2D eigenvalue weighted by atomic mass is 127. The Labute approximate surface area is 592 Å². The number of hydrogen-bond acceptors (Lipinski definition) is 14. The van der Waals surface area contributed by atoms with Gasteiger partial charge in [0.15, 0.2) is 0 Å². The molecule has 0 radical (unpaired) electrons. The van der Waals surface area contributed by atoms with Gasteiger partial charge < -0.3 is 59.7 Å². The van der Waals surface area contributed by atoms with Crippen LogP contribution in [0.3, 0.4) is 0 Å². The molecular formula is C73H84I4N10O4. The molecule has 15 aliphatic heterocycles. The Balaban J connectivity index is 0.000000105. The van der Waals surface area contributed by atoms with Crippen LogP contribution in [0.4, 0.5) is 39.8 Å². The van der Waals surface area contributed by atoms with Crippen LogP contribution < -0.4 is 44.6 Å². The Morgan fingerprint density at radius 2 is 0.681 bits per heavy atom. The minimum Gasteiger partial charge on any atom is -0.489 e. The van der Waals surface area contributed by atoms with Crippen LogP contribution in [0.1, 0.15) is 71.9 Å². The molecule has 9 saturated heterocycles. The number of fused-ring (bicyclic) bond motifs is 27. The van der Waals surface area contributed by atoms with Gasteiger partial charge in [0, 0.05) is 120 Å². The molecule has 12 bridgehead atoms. The molecule has 18 heteroatoms. The van der Waals surface area contributed by atoms with Crippen LogP contribution in [-0.2, 0) is 39.3 Å². The lowest BCUT2D eigenvalue weighted by molar-refractivity contribution is -0.0227. The lowest BCUT2D eigenvalue weighted by Crippen LogP contribution is -2.52. The van der Waals surface area contributed by atoms with Crippen LogP contribution in [0.25, 0.3) is 0 Å². The van der Waals surface area contributed by atoms with Crippen LogP contribution in [0.15, 0.2) is 140 Å². The van der Waals surface area contributed by atoms with Gasteiger partial charge in [0.1, 0.15) is 23.7 Å². The third kappa shape index (κ3) is 14.4. The summed E-state index contributed by atoms with van der Waals surface area (Å²) in [5, 5.41) is 16.4. The predicted molar refractivity (Wildman–Crippen MR) is 403 cm³/mol. The van der Waals surface area contributed by atoms with E-state index in [2.05, 4.69) is 250 Å². The highest BCUT2D eigenvalue weighted by Gasteiger charge is 2.39. The fourth-order valence-electron chi connectivity index (χ4n) is 16.0. The van der Waals surface area contributed by atoms with E-state index < -0.39 is 0 Å². The maximum atomic E-state index is 9.36. The fourth-order valence-corrected chi connectivity index (χ4v) is 18.0. The molecule has 0 saturated carbocycles. The molecule has 0 spiro atoms. The maximum Gasteiger partial charge on any atom is 0.120 e. The highest BCUT2D eigenvalue weighted by Crippen LogP contribution is 2.44. The van der Waals surface area contributed by atoms with Gasteiger partial charge >= 0.3 is 0 Å². The maximum absolute atomic E-state index is 9.36. The van der Waals surface area contributed by atoms with Crippen molar-refractivity contribution in [2.45, 2.75) is 96.1 Å². The van der Waals surface area contributed by atoms with Gasteiger partial charge in [-0.05, 0) is 341 Å². The van der Waals surface area contributed by atoms with Gasteiger partial charge in [-0.15, -0.1) is 0 Å². The second-order valence-electron chi connectivity index (χ2n) is 26.5. The number of hydrogen-bond donors (Lipinski definition) is 3. The Hall–Kier alpha value is -4.54. The van der Waals surface area contributed by atoms with Crippen molar-refractivity contribution in [3.8, 4) is 11.5 Å². The van der Waals surface area contributed by atoms with E-state index in [-0.39, 0.29) is 6.10 Å². The van der Waals surface area contributed by atoms with Crippen LogP contribution in [0, 0.1) is 32.0 Å². The quantitative estimate of drug-likeness (QED) is 0.115. The third-order valence-electron chi connectivity index (χ3n) is 20.7. The first-order valence-electron chi connectivity index (χ1n) is 32.7. The number of anilines is 7. The van der Waals surface area contributed by atoms with Gasteiger partial charge in [0.25, 0.3) is 0 Å². The summed E-state index contributed by atoms with van der Waals surface area (Å²) in [6.07, 6.45) is 8.38. The number of halogens is 4. The van der Waals surface area contributed by atoms with Gasteiger partial charge in [-0.1, -0.05) is 18.2 Å². The van der Waals surface area contributed by atoms with E-state index in [9.17, 15) is 5.11 Å². The zero-order valence-electron chi connectivity index (χ0n) is 52.0. The molecule has 91 heavy (non-hydrogen) atoms. The molecular weight excluding hydrogens is 1590 g/mol. The Kier molecular flexibility index (Phi) is 19.9. The number of nitrogen functional groups attached to an aromatic ring is 1. The van der Waals surface area contributed by atoms with Gasteiger partial charge in [0.2, 0.25) is 0 Å². The number of benzene rings is 7. The van der Waals surface area contributed by atoms with Crippen molar-refractivity contribution in [3.63, 3.8) is 0 Å². The lowest BCUT2D eigenvalue weighted by atomic mass is 9.86. The monoisotopic (exact) mass is 1670 g/mol. The molecule has 7 aromatic carbocycles. The summed E-state index contributed by atoms with van der Waals surface area (Å²) in [6, 6.07) is 50.5. The van der Waals surface area contributed by atoms with Crippen molar-refractivity contribution in [2.75, 3.05) is 121 Å². The number of para-hydroxylation sites is 1. The molecule has 9 fully saturated rings. The second-order valence-corrected chi connectivity index (χ2v) is 31.5. The molecule has 0 aromatic heterocycles. The van der Waals surface area contributed by atoms with Crippen LogP contribution in [0.5, 0.6) is 11.5 Å². The molecule has 0 aliphatic carbocycles. The molecule has 22 rings (SSSR count). The van der Waals surface area contributed by atoms with E-state index in [4.69, 9.17) is 20.3 Å². The largest absolute Gasteiger partial charge is 0.489 e. The average molecular weight is 1670 g/mol. The SMILES string of the molecule is CO.Ic1ccc2c(c1)CN1CN2Cc2cc(I)ccc21.Ic1ccc2c(c1)CN1CN2Cc2cc(OC3CN4CCC3CC4)ccc21.Nc1ccc(I)cc1.O[C@H]1CN2CCC1CC2.c1ccc2c(c1)CN1CN2Cc2cc(OC3CN4CCC3CC4)ccc21. The van der Waals surface area contributed by atoms with Gasteiger partial charge in [-0.2, -0.15) is 0 Å². The van der Waals surface area contributed by atoms with E-state index in [1.165, 1.54) is 160 Å². The van der Waals surface area contributed by atoms with E-state index in [0.717, 1.165) is 115 Å². The zero-order chi connectivity index (χ0) is 62.3. The molecule has 2 unspecified atom stereocenters. The molecule has 15 heterocycles. The van der Waals surface area contributed by atoms with Crippen LogP contribution in [0.2, 0.25) is 0 Å². The van der Waals surface area contributed by atoms with Gasteiger partial charge in [-0.3, -0.25) is 9.80 Å². The minimum atomic E-state index is -0.00694. The van der Waals surface area contributed by atoms with Crippen LogP contribution in [-0.4, -0.2) is 129 Å². The first kappa shape index (κ1) is 63.8. The van der Waals surface area contributed by atoms with Crippen molar-refractivity contribution in [1.29, 1.82) is 0 Å². The van der Waals surface area contributed by atoms with E-state index in [0.29, 0.717) is 18.1 Å². The molecule has 14 nitrogen and oxygen atoms in total. The van der Waals surface area contributed by atoms with Crippen molar-refractivity contribution in [1.82, 2.24) is 14.7 Å².